The number of carbonyl (C=O) groups is 1. The topological polar surface area (TPSA) is 52.9 Å². The van der Waals surface area contributed by atoms with Crippen molar-refractivity contribution in [1.29, 1.82) is 0 Å². The molecule has 0 heterocycles. The molecule has 124 valence electrons. The van der Waals surface area contributed by atoms with Gasteiger partial charge in [0.2, 0.25) is 0 Å². The molecule has 4 heteroatoms. The summed E-state index contributed by atoms with van der Waals surface area (Å²) in [6.45, 7) is 7.76. The Labute approximate surface area is 138 Å². The van der Waals surface area contributed by atoms with Gasteiger partial charge >= 0.3 is 0 Å². The van der Waals surface area contributed by atoms with Crippen molar-refractivity contribution in [3.8, 4) is 0 Å². The maximum atomic E-state index is 12.3. The molecule has 1 aromatic carbocycles. The van der Waals surface area contributed by atoms with Crippen LogP contribution >= 0.6 is 0 Å². The van der Waals surface area contributed by atoms with Crippen LogP contribution in [0.1, 0.15) is 38.2 Å². The molecule has 1 N–H and O–H groups in total. The predicted octanol–water partition coefficient (Wildman–Crippen LogP) is 3.36. The number of ketones is 1. The van der Waals surface area contributed by atoms with Crippen LogP contribution in [0.5, 0.6) is 0 Å². The van der Waals surface area contributed by atoms with Gasteiger partial charge in [-0.1, -0.05) is 44.2 Å². The van der Waals surface area contributed by atoms with Gasteiger partial charge in [-0.15, -0.1) is 0 Å². The second-order valence-corrected chi connectivity index (χ2v) is 5.86. The molecule has 0 aromatic heterocycles. The van der Waals surface area contributed by atoms with Crippen LogP contribution in [0.3, 0.4) is 0 Å². The summed E-state index contributed by atoms with van der Waals surface area (Å²) >= 11 is 0. The minimum Gasteiger partial charge on any atom is -0.511 e. The fourth-order valence-corrected chi connectivity index (χ4v) is 2.91. The molecule has 0 radical (unpaired) electrons. The van der Waals surface area contributed by atoms with Crippen LogP contribution in [-0.4, -0.2) is 48.2 Å². The van der Waals surface area contributed by atoms with Crippen LogP contribution in [0.2, 0.25) is 0 Å². The summed E-state index contributed by atoms with van der Waals surface area (Å²) in [6.07, 6.45) is 2.50. The van der Waals surface area contributed by atoms with Crippen molar-refractivity contribution in [1.82, 2.24) is 4.90 Å². The molecule has 1 aliphatic carbocycles. The molecule has 0 spiro atoms. The zero-order chi connectivity index (χ0) is 16.7. The normalized spacial score (nSPS) is 19.1. The third-order valence-electron chi connectivity index (χ3n) is 4.41. The molecular weight excluding hydrogens is 288 g/mol. The van der Waals surface area contributed by atoms with E-state index in [4.69, 9.17) is 0 Å². The van der Waals surface area contributed by atoms with E-state index in [1.165, 1.54) is 0 Å². The lowest BCUT2D eigenvalue weighted by atomic mass is 9.83. The number of likely N-dealkylation sites (N-methyl/N-ethyl adjacent to an activating group) is 1. The Kier molecular flexibility index (Phi) is 6.53. The molecule has 0 aliphatic heterocycles. The van der Waals surface area contributed by atoms with E-state index in [9.17, 15) is 9.90 Å². The van der Waals surface area contributed by atoms with Gasteiger partial charge in [0.05, 0.1) is 12.1 Å². The van der Waals surface area contributed by atoms with Crippen LogP contribution in [0.15, 0.2) is 46.7 Å². The van der Waals surface area contributed by atoms with E-state index in [-0.39, 0.29) is 17.5 Å². The SMILES string of the molecule is CCN(CC)CCN=CC1=C(O)CC(c2ccccc2)CC1=O. The molecule has 0 saturated heterocycles. The van der Waals surface area contributed by atoms with Crippen molar-refractivity contribution in [3.63, 3.8) is 0 Å². The lowest BCUT2D eigenvalue weighted by Crippen LogP contribution is -2.26. The number of Topliss-reactive ketones (excluding diaryl/α,β-unsaturated/α-hetero) is 1. The van der Waals surface area contributed by atoms with Crippen LogP contribution in [0, 0.1) is 0 Å². The van der Waals surface area contributed by atoms with E-state index >= 15 is 0 Å². The number of rotatable bonds is 7. The Morgan fingerprint density at radius 3 is 2.52 bits per heavy atom. The largest absolute Gasteiger partial charge is 0.511 e. The molecule has 0 bridgehead atoms. The number of hydrogen-bond acceptors (Lipinski definition) is 4. The second kappa shape index (κ2) is 8.63. The first-order chi connectivity index (χ1) is 11.2. The fourth-order valence-electron chi connectivity index (χ4n) is 2.91. The minimum atomic E-state index is -0.0193. The zero-order valence-electron chi connectivity index (χ0n) is 14.0. The predicted molar refractivity (Wildman–Crippen MR) is 94.2 cm³/mol. The lowest BCUT2D eigenvalue weighted by Gasteiger charge is -2.22. The van der Waals surface area contributed by atoms with Crippen LogP contribution in [0.25, 0.3) is 0 Å². The van der Waals surface area contributed by atoms with E-state index in [1.54, 1.807) is 6.21 Å². The number of aliphatic hydroxyl groups excluding tert-OH is 1. The summed E-state index contributed by atoms with van der Waals surface area (Å²) in [5.74, 6) is 0.215. The van der Waals surface area contributed by atoms with Crippen molar-refractivity contribution in [2.75, 3.05) is 26.2 Å². The van der Waals surface area contributed by atoms with E-state index in [2.05, 4.69) is 23.7 Å². The van der Waals surface area contributed by atoms with E-state index in [1.807, 2.05) is 30.3 Å². The highest BCUT2D eigenvalue weighted by Crippen LogP contribution is 2.32. The molecule has 23 heavy (non-hydrogen) atoms. The smallest absolute Gasteiger partial charge is 0.168 e. The fraction of sp³-hybridized carbons (Fsp3) is 0.474. The van der Waals surface area contributed by atoms with Crippen molar-refractivity contribution in [2.45, 2.75) is 32.6 Å². The van der Waals surface area contributed by atoms with Gasteiger partial charge in [-0.25, -0.2) is 0 Å². The number of benzene rings is 1. The molecule has 1 aliphatic rings. The number of aliphatic imine (C=N–C) groups is 1. The van der Waals surface area contributed by atoms with E-state index in [0.717, 1.165) is 25.2 Å². The Hall–Kier alpha value is -1.94. The second-order valence-electron chi connectivity index (χ2n) is 5.86. The van der Waals surface area contributed by atoms with Crippen LogP contribution < -0.4 is 0 Å². The van der Waals surface area contributed by atoms with Gasteiger partial charge in [-0.2, -0.15) is 0 Å². The third-order valence-corrected chi connectivity index (χ3v) is 4.41. The summed E-state index contributed by atoms with van der Waals surface area (Å²) in [6, 6.07) is 9.90. The monoisotopic (exact) mass is 314 g/mol. The first kappa shape index (κ1) is 17.4. The Bertz CT molecular complexity index is 574. The first-order valence-electron chi connectivity index (χ1n) is 8.38. The summed E-state index contributed by atoms with van der Waals surface area (Å²) in [7, 11) is 0. The Morgan fingerprint density at radius 1 is 1.22 bits per heavy atom. The summed E-state index contributed by atoms with van der Waals surface area (Å²) < 4.78 is 0. The standard InChI is InChI=1S/C19H26N2O2/c1-3-21(4-2)11-10-20-14-17-18(22)12-16(13-19(17)23)15-8-6-5-7-9-15/h5-9,14,16,22H,3-4,10-13H2,1-2H3. The zero-order valence-corrected chi connectivity index (χ0v) is 14.0. The number of allylic oxidation sites excluding steroid dienone is 2. The van der Waals surface area contributed by atoms with Crippen LogP contribution in [-0.2, 0) is 4.79 Å². The number of hydrogen-bond donors (Lipinski definition) is 1. The molecule has 0 amide bonds. The van der Waals surface area contributed by atoms with Crippen molar-refractivity contribution in [3.05, 3.63) is 47.2 Å². The molecule has 1 unspecified atom stereocenters. The molecular formula is C19H26N2O2. The number of aliphatic hydroxyl groups is 1. The molecule has 1 aromatic rings. The van der Waals surface area contributed by atoms with Gasteiger partial charge in [-0.05, 0) is 24.6 Å². The molecule has 0 saturated carbocycles. The van der Waals surface area contributed by atoms with Gasteiger partial charge in [0, 0.05) is 25.6 Å². The van der Waals surface area contributed by atoms with E-state index < -0.39 is 0 Å². The van der Waals surface area contributed by atoms with Gasteiger partial charge < -0.3 is 10.0 Å². The number of nitrogens with zero attached hydrogens (tertiary/aromatic N) is 2. The maximum absolute atomic E-state index is 12.3. The Balaban J connectivity index is 1.98. The van der Waals surface area contributed by atoms with Gasteiger partial charge in [0.15, 0.2) is 5.78 Å². The summed E-state index contributed by atoms with van der Waals surface area (Å²) in [5, 5.41) is 10.2. The highest BCUT2D eigenvalue weighted by atomic mass is 16.3. The molecule has 2 rings (SSSR count). The third kappa shape index (κ3) is 4.76. The maximum Gasteiger partial charge on any atom is 0.168 e. The average Bonchev–Trinajstić information content (AvgIpc) is 2.57. The first-order valence-corrected chi connectivity index (χ1v) is 8.38. The molecule has 0 fully saturated rings. The summed E-state index contributed by atoms with van der Waals surface area (Å²) in [4.78, 5) is 18.9. The lowest BCUT2D eigenvalue weighted by molar-refractivity contribution is -0.116. The quantitative estimate of drug-likeness (QED) is 0.785. The highest BCUT2D eigenvalue weighted by molar-refractivity contribution is 6.14. The summed E-state index contributed by atoms with van der Waals surface area (Å²) in [5.41, 5.74) is 1.49. The highest BCUT2D eigenvalue weighted by Gasteiger charge is 2.27. The van der Waals surface area contributed by atoms with Gasteiger partial charge in [-0.3, -0.25) is 9.79 Å². The number of carbonyl (C=O) groups excluding carboxylic acids is 1. The molecule has 4 nitrogen and oxygen atoms in total. The van der Waals surface area contributed by atoms with Crippen molar-refractivity contribution in [2.24, 2.45) is 4.99 Å². The van der Waals surface area contributed by atoms with E-state index in [0.29, 0.717) is 25.0 Å². The van der Waals surface area contributed by atoms with Gasteiger partial charge in [0.1, 0.15) is 5.76 Å². The molecule has 1 atom stereocenters. The minimum absolute atomic E-state index is 0.0193. The average molecular weight is 314 g/mol. The van der Waals surface area contributed by atoms with Crippen molar-refractivity contribution >= 4 is 12.0 Å². The van der Waals surface area contributed by atoms with Crippen molar-refractivity contribution < 1.29 is 9.90 Å². The Morgan fingerprint density at radius 2 is 1.91 bits per heavy atom. The van der Waals surface area contributed by atoms with Crippen LogP contribution in [0.4, 0.5) is 0 Å². The van der Waals surface area contributed by atoms with Gasteiger partial charge in [0.25, 0.3) is 0 Å².